The standard InChI is InChI=1S/C15H17N3O2.C13H18N2O2S/c1-10-4-5-11(8-13(10)16-2)20-12-6-7-18-14(9-12)15(19)17-3;1-9-7-11(14-10(2)16)12(8-13(9)17)15-3-5-18-6-4-15/h4-9,16H,1-3H3,(H,17,19);7-8,17H,3-6H2,1-2H3,(H,14,16). The van der Waals surface area contributed by atoms with Gasteiger partial charge in [-0.15, -0.1) is 0 Å². The van der Waals surface area contributed by atoms with Crippen LogP contribution in [0, 0.1) is 13.8 Å². The van der Waals surface area contributed by atoms with Crippen molar-refractivity contribution in [3.8, 4) is 17.2 Å². The molecule has 4 rings (SSSR count). The van der Waals surface area contributed by atoms with E-state index in [2.05, 4.69) is 25.8 Å². The van der Waals surface area contributed by atoms with E-state index < -0.39 is 0 Å². The molecular weight excluding hydrogens is 502 g/mol. The predicted octanol–water partition coefficient (Wildman–Crippen LogP) is 4.80. The minimum Gasteiger partial charge on any atom is -0.508 e. The first-order chi connectivity index (χ1) is 18.2. The SMILES string of the molecule is CC(=O)Nc1cc(C)c(O)cc1N1CCSCC1.CNC(=O)c1cc(Oc2ccc(C)c(NC)c2)ccn1. The van der Waals surface area contributed by atoms with Crippen molar-refractivity contribution in [2.45, 2.75) is 20.8 Å². The van der Waals surface area contributed by atoms with Crippen LogP contribution in [0.15, 0.2) is 48.7 Å². The molecule has 0 unspecified atom stereocenters. The van der Waals surface area contributed by atoms with Crippen molar-refractivity contribution < 1.29 is 19.4 Å². The van der Waals surface area contributed by atoms with Crippen molar-refractivity contribution >= 4 is 40.6 Å². The highest BCUT2D eigenvalue weighted by molar-refractivity contribution is 7.99. The Morgan fingerprint density at radius 3 is 2.34 bits per heavy atom. The van der Waals surface area contributed by atoms with Crippen LogP contribution in [0.2, 0.25) is 0 Å². The Morgan fingerprint density at radius 1 is 0.974 bits per heavy atom. The number of hydrogen-bond donors (Lipinski definition) is 4. The number of nitrogens with one attached hydrogen (secondary N) is 3. The van der Waals surface area contributed by atoms with Gasteiger partial charge >= 0.3 is 0 Å². The Hall–Kier alpha value is -3.92. The molecule has 3 aromatic rings. The van der Waals surface area contributed by atoms with Crippen LogP contribution in [0.25, 0.3) is 0 Å². The average molecular weight is 538 g/mol. The first-order valence-electron chi connectivity index (χ1n) is 12.3. The van der Waals surface area contributed by atoms with Gasteiger partial charge in [0.2, 0.25) is 5.91 Å². The Labute approximate surface area is 228 Å². The fraction of sp³-hybridized carbons (Fsp3) is 0.321. The fourth-order valence-electron chi connectivity index (χ4n) is 3.84. The summed E-state index contributed by atoms with van der Waals surface area (Å²) in [4.78, 5) is 29.0. The molecule has 2 aromatic carbocycles. The molecule has 1 aliphatic rings. The third kappa shape index (κ3) is 7.79. The quantitative estimate of drug-likeness (QED) is 0.332. The highest BCUT2D eigenvalue weighted by atomic mass is 32.2. The number of pyridine rings is 1. The molecule has 1 aliphatic heterocycles. The number of aromatic hydroxyl groups is 1. The van der Waals surface area contributed by atoms with Crippen LogP contribution in [0.3, 0.4) is 0 Å². The molecule has 202 valence electrons. The van der Waals surface area contributed by atoms with Gasteiger partial charge in [-0.25, -0.2) is 0 Å². The normalized spacial score (nSPS) is 12.6. The lowest BCUT2D eigenvalue weighted by molar-refractivity contribution is -0.114. The summed E-state index contributed by atoms with van der Waals surface area (Å²) >= 11 is 1.93. The van der Waals surface area contributed by atoms with Gasteiger partial charge in [0, 0.05) is 75.7 Å². The smallest absolute Gasteiger partial charge is 0.269 e. The summed E-state index contributed by atoms with van der Waals surface area (Å²) in [5.74, 6) is 3.38. The molecule has 2 amide bonds. The Balaban J connectivity index is 0.000000212. The highest BCUT2D eigenvalue weighted by Gasteiger charge is 2.17. The molecule has 0 saturated carbocycles. The number of phenolic OH excluding ortho intramolecular Hbond substituents is 1. The van der Waals surface area contributed by atoms with Gasteiger partial charge in [-0.2, -0.15) is 11.8 Å². The summed E-state index contributed by atoms with van der Waals surface area (Å²) in [6, 6.07) is 12.7. The minimum absolute atomic E-state index is 0.0901. The van der Waals surface area contributed by atoms with E-state index in [0.717, 1.165) is 52.8 Å². The predicted molar refractivity (Wildman–Crippen MR) is 155 cm³/mol. The van der Waals surface area contributed by atoms with E-state index in [-0.39, 0.29) is 17.6 Å². The molecule has 0 spiro atoms. The number of benzene rings is 2. The van der Waals surface area contributed by atoms with E-state index in [9.17, 15) is 14.7 Å². The van der Waals surface area contributed by atoms with Crippen LogP contribution in [-0.2, 0) is 4.79 Å². The van der Waals surface area contributed by atoms with Crippen LogP contribution >= 0.6 is 11.8 Å². The van der Waals surface area contributed by atoms with E-state index in [1.54, 1.807) is 31.4 Å². The molecular formula is C28H35N5O4S. The van der Waals surface area contributed by atoms with Gasteiger partial charge in [0.05, 0.1) is 11.4 Å². The molecule has 38 heavy (non-hydrogen) atoms. The van der Waals surface area contributed by atoms with E-state index in [1.165, 1.54) is 6.92 Å². The van der Waals surface area contributed by atoms with Crippen LogP contribution in [0.1, 0.15) is 28.5 Å². The maximum absolute atomic E-state index is 11.5. The van der Waals surface area contributed by atoms with Gasteiger partial charge in [-0.1, -0.05) is 6.07 Å². The summed E-state index contributed by atoms with van der Waals surface area (Å²) in [5, 5.41) is 18.3. The topological polar surface area (TPSA) is 116 Å². The van der Waals surface area contributed by atoms with Crippen molar-refractivity contribution in [2.75, 3.05) is 54.2 Å². The Kier molecular flexibility index (Phi) is 10.2. The third-order valence-electron chi connectivity index (χ3n) is 5.88. The summed E-state index contributed by atoms with van der Waals surface area (Å²) in [6.45, 7) is 7.24. The van der Waals surface area contributed by atoms with E-state index in [1.807, 2.05) is 56.9 Å². The van der Waals surface area contributed by atoms with Gasteiger partial charge in [0.1, 0.15) is 22.9 Å². The van der Waals surface area contributed by atoms with Crippen molar-refractivity contribution in [2.24, 2.45) is 0 Å². The monoisotopic (exact) mass is 537 g/mol. The molecule has 4 N–H and O–H groups in total. The van der Waals surface area contributed by atoms with Gasteiger partial charge < -0.3 is 30.7 Å². The number of nitrogens with zero attached hydrogens (tertiary/aromatic N) is 2. The summed E-state index contributed by atoms with van der Waals surface area (Å²) < 4.78 is 5.75. The van der Waals surface area contributed by atoms with Gasteiger partial charge in [0.15, 0.2) is 0 Å². The van der Waals surface area contributed by atoms with Crippen molar-refractivity contribution in [1.29, 1.82) is 0 Å². The van der Waals surface area contributed by atoms with Crippen LogP contribution < -0.4 is 25.6 Å². The number of ether oxygens (including phenoxy) is 1. The first kappa shape index (κ1) is 28.6. The molecule has 0 bridgehead atoms. The molecule has 10 heteroatoms. The lowest BCUT2D eigenvalue weighted by Crippen LogP contribution is -2.33. The maximum Gasteiger partial charge on any atom is 0.269 e. The largest absolute Gasteiger partial charge is 0.508 e. The van der Waals surface area contributed by atoms with Crippen LogP contribution in [0.5, 0.6) is 17.2 Å². The molecule has 2 heterocycles. The number of rotatable bonds is 6. The Bertz CT molecular complexity index is 1280. The molecule has 0 radical (unpaired) electrons. The second kappa shape index (κ2) is 13.6. The maximum atomic E-state index is 11.5. The van der Waals surface area contributed by atoms with E-state index in [0.29, 0.717) is 17.2 Å². The zero-order valence-corrected chi connectivity index (χ0v) is 23.2. The number of anilines is 3. The number of phenols is 1. The van der Waals surface area contributed by atoms with Crippen molar-refractivity contribution in [1.82, 2.24) is 10.3 Å². The van der Waals surface area contributed by atoms with Gasteiger partial charge in [-0.3, -0.25) is 14.6 Å². The summed E-state index contributed by atoms with van der Waals surface area (Å²) in [5.41, 5.74) is 4.93. The Morgan fingerprint density at radius 2 is 1.68 bits per heavy atom. The van der Waals surface area contributed by atoms with Gasteiger partial charge in [0.25, 0.3) is 5.91 Å². The number of hydrogen-bond acceptors (Lipinski definition) is 8. The lowest BCUT2D eigenvalue weighted by atomic mass is 10.1. The number of amides is 2. The average Bonchev–Trinajstić information content (AvgIpc) is 2.92. The number of aryl methyl sites for hydroxylation is 2. The highest BCUT2D eigenvalue weighted by Crippen LogP contribution is 2.34. The molecule has 1 aromatic heterocycles. The second-order valence-corrected chi connectivity index (χ2v) is 9.95. The number of carbonyl (C=O) groups is 2. The lowest BCUT2D eigenvalue weighted by Gasteiger charge is -2.30. The zero-order chi connectivity index (χ0) is 27.7. The third-order valence-corrected chi connectivity index (χ3v) is 6.82. The zero-order valence-electron chi connectivity index (χ0n) is 22.4. The van der Waals surface area contributed by atoms with E-state index >= 15 is 0 Å². The fourth-order valence-corrected chi connectivity index (χ4v) is 4.74. The molecule has 9 nitrogen and oxygen atoms in total. The number of thioether (sulfide) groups is 1. The number of carbonyl (C=O) groups excluding carboxylic acids is 2. The second-order valence-electron chi connectivity index (χ2n) is 8.72. The first-order valence-corrected chi connectivity index (χ1v) is 13.5. The van der Waals surface area contributed by atoms with Crippen molar-refractivity contribution in [3.63, 3.8) is 0 Å². The molecule has 0 atom stereocenters. The summed E-state index contributed by atoms with van der Waals surface area (Å²) in [6.07, 6.45) is 1.55. The minimum atomic E-state index is -0.240. The number of aromatic nitrogens is 1. The molecule has 1 fully saturated rings. The molecule has 1 saturated heterocycles. The van der Waals surface area contributed by atoms with Gasteiger partial charge in [-0.05, 0) is 43.2 Å². The van der Waals surface area contributed by atoms with Crippen LogP contribution in [0.4, 0.5) is 17.1 Å². The summed E-state index contributed by atoms with van der Waals surface area (Å²) in [7, 11) is 3.43. The van der Waals surface area contributed by atoms with E-state index in [4.69, 9.17) is 4.74 Å². The van der Waals surface area contributed by atoms with Crippen molar-refractivity contribution in [3.05, 3.63) is 65.5 Å². The van der Waals surface area contributed by atoms with Crippen LogP contribution in [-0.4, -0.2) is 60.6 Å². The molecule has 0 aliphatic carbocycles.